The number of nitrogens with zero attached hydrogens (tertiary/aromatic N) is 2. The molecular weight excluding hydrogens is 334 g/mol. The average molecular weight is 353 g/mol. The van der Waals surface area contributed by atoms with Crippen LogP contribution in [0.5, 0.6) is 5.75 Å². The highest BCUT2D eigenvalue weighted by atomic mass is 16.5. The van der Waals surface area contributed by atoms with Crippen LogP contribution in [0.1, 0.15) is 23.9 Å². The molecule has 0 aliphatic rings. The first-order valence-corrected chi connectivity index (χ1v) is 8.92. The molecule has 27 heavy (non-hydrogen) atoms. The fourth-order valence-corrected chi connectivity index (χ4v) is 3.25. The molecule has 1 heterocycles. The summed E-state index contributed by atoms with van der Waals surface area (Å²) in [6.07, 6.45) is 1.86. The van der Waals surface area contributed by atoms with Gasteiger partial charge in [-0.2, -0.15) is 5.26 Å². The molecule has 0 aliphatic carbocycles. The number of ether oxygens (including phenoxy) is 1. The number of allylic oxidation sites excluding steroid dienone is 1. The Kier molecular flexibility index (Phi) is 4.35. The van der Waals surface area contributed by atoms with E-state index in [0.717, 1.165) is 38.7 Å². The second kappa shape index (κ2) is 6.97. The number of nitriles is 1. The first kappa shape index (κ1) is 16.9. The Hall–Kier alpha value is -3.58. The molecule has 0 amide bonds. The van der Waals surface area contributed by atoms with Crippen molar-refractivity contribution in [1.82, 2.24) is 9.97 Å². The van der Waals surface area contributed by atoms with E-state index < -0.39 is 0 Å². The van der Waals surface area contributed by atoms with Crippen LogP contribution in [0.25, 0.3) is 33.5 Å². The standard InChI is InChI=1S/C23H19N3O/c1-3-27-22-11-9-16-6-4-5-7-18(16)19(22)13-17(14-24)23-25-20-10-8-15(2)12-21(20)26-23/h4-13H,3H2,1-2H3,(H,25,26). The van der Waals surface area contributed by atoms with Crippen molar-refractivity contribution in [1.29, 1.82) is 5.26 Å². The smallest absolute Gasteiger partial charge is 0.149 e. The lowest BCUT2D eigenvalue weighted by atomic mass is 10.0. The Morgan fingerprint density at radius 3 is 2.85 bits per heavy atom. The van der Waals surface area contributed by atoms with Crippen LogP contribution in [0, 0.1) is 18.3 Å². The normalized spacial score (nSPS) is 11.7. The molecule has 0 bridgehead atoms. The van der Waals surface area contributed by atoms with Gasteiger partial charge in [0.2, 0.25) is 0 Å². The van der Waals surface area contributed by atoms with Gasteiger partial charge in [0.1, 0.15) is 17.6 Å². The number of hydrogen-bond donors (Lipinski definition) is 1. The van der Waals surface area contributed by atoms with E-state index >= 15 is 0 Å². The van der Waals surface area contributed by atoms with Crippen LogP contribution in [-0.2, 0) is 0 Å². The summed E-state index contributed by atoms with van der Waals surface area (Å²) in [7, 11) is 0. The number of aryl methyl sites for hydroxylation is 1. The van der Waals surface area contributed by atoms with Crippen LogP contribution in [0.3, 0.4) is 0 Å². The lowest BCUT2D eigenvalue weighted by Crippen LogP contribution is -1.95. The number of hydrogen-bond acceptors (Lipinski definition) is 3. The highest BCUT2D eigenvalue weighted by Gasteiger charge is 2.12. The van der Waals surface area contributed by atoms with Gasteiger partial charge in [-0.15, -0.1) is 0 Å². The molecule has 0 saturated heterocycles. The molecule has 4 nitrogen and oxygen atoms in total. The van der Waals surface area contributed by atoms with Crippen molar-refractivity contribution in [2.24, 2.45) is 0 Å². The topological polar surface area (TPSA) is 61.7 Å². The van der Waals surface area contributed by atoms with E-state index in [1.54, 1.807) is 0 Å². The Bertz CT molecular complexity index is 1210. The predicted molar refractivity (Wildman–Crippen MR) is 109 cm³/mol. The fourth-order valence-electron chi connectivity index (χ4n) is 3.25. The second-order valence-electron chi connectivity index (χ2n) is 6.41. The average Bonchev–Trinajstić information content (AvgIpc) is 3.10. The van der Waals surface area contributed by atoms with Gasteiger partial charge in [0.05, 0.1) is 23.2 Å². The van der Waals surface area contributed by atoms with E-state index in [4.69, 9.17) is 4.74 Å². The summed E-state index contributed by atoms with van der Waals surface area (Å²) < 4.78 is 5.82. The minimum atomic E-state index is 0.473. The van der Waals surface area contributed by atoms with E-state index in [1.807, 2.05) is 68.5 Å². The van der Waals surface area contributed by atoms with Gasteiger partial charge < -0.3 is 9.72 Å². The summed E-state index contributed by atoms with van der Waals surface area (Å²) in [4.78, 5) is 7.85. The molecular formula is C23H19N3O. The van der Waals surface area contributed by atoms with Crippen LogP contribution >= 0.6 is 0 Å². The maximum atomic E-state index is 9.79. The van der Waals surface area contributed by atoms with Gasteiger partial charge in [-0.25, -0.2) is 4.98 Å². The van der Waals surface area contributed by atoms with Crippen LogP contribution in [-0.4, -0.2) is 16.6 Å². The molecule has 4 aromatic rings. The summed E-state index contributed by atoms with van der Waals surface area (Å²) in [5.41, 5.74) is 4.28. The van der Waals surface area contributed by atoms with Crippen molar-refractivity contribution < 1.29 is 4.74 Å². The van der Waals surface area contributed by atoms with E-state index in [2.05, 4.69) is 22.1 Å². The molecule has 1 aromatic heterocycles. The number of imidazole rings is 1. The Morgan fingerprint density at radius 1 is 1.19 bits per heavy atom. The number of fused-ring (bicyclic) bond motifs is 2. The number of rotatable bonds is 4. The van der Waals surface area contributed by atoms with E-state index in [1.165, 1.54) is 0 Å². The van der Waals surface area contributed by atoms with Crippen LogP contribution in [0.15, 0.2) is 54.6 Å². The van der Waals surface area contributed by atoms with Crippen LogP contribution in [0.2, 0.25) is 0 Å². The third-order valence-corrected chi connectivity index (χ3v) is 4.53. The maximum absolute atomic E-state index is 9.79. The lowest BCUT2D eigenvalue weighted by Gasteiger charge is -2.11. The quantitative estimate of drug-likeness (QED) is 0.494. The van der Waals surface area contributed by atoms with Crippen molar-refractivity contribution >= 4 is 33.5 Å². The van der Waals surface area contributed by atoms with Gasteiger partial charge in [0.15, 0.2) is 0 Å². The monoisotopic (exact) mass is 353 g/mol. The molecule has 0 unspecified atom stereocenters. The number of H-pyrrole nitrogens is 1. The van der Waals surface area contributed by atoms with Gasteiger partial charge in [-0.1, -0.05) is 36.4 Å². The van der Waals surface area contributed by atoms with Crippen LogP contribution in [0.4, 0.5) is 0 Å². The van der Waals surface area contributed by atoms with Gasteiger partial charge in [-0.05, 0) is 54.5 Å². The zero-order valence-electron chi connectivity index (χ0n) is 15.3. The number of benzene rings is 3. The molecule has 132 valence electrons. The third kappa shape index (κ3) is 3.16. The third-order valence-electron chi connectivity index (χ3n) is 4.53. The molecule has 4 rings (SSSR count). The van der Waals surface area contributed by atoms with E-state index in [9.17, 15) is 5.26 Å². The minimum Gasteiger partial charge on any atom is -0.493 e. The predicted octanol–water partition coefficient (Wildman–Crippen LogP) is 5.49. The lowest BCUT2D eigenvalue weighted by molar-refractivity contribution is 0.340. The summed E-state index contributed by atoms with van der Waals surface area (Å²) in [6, 6.07) is 20.4. The summed E-state index contributed by atoms with van der Waals surface area (Å²) >= 11 is 0. The SMILES string of the molecule is CCOc1ccc2ccccc2c1C=C(C#N)c1nc2ccc(C)cc2[nH]1. The molecule has 0 aliphatic heterocycles. The molecule has 0 fully saturated rings. The molecule has 0 spiro atoms. The molecule has 3 aromatic carbocycles. The van der Waals surface area contributed by atoms with Crippen LogP contribution < -0.4 is 4.74 Å². The van der Waals surface area contributed by atoms with Crippen molar-refractivity contribution in [2.75, 3.05) is 6.61 Å². The zero-order valence-corrected chi connectivity index (χ0v) is 15.3. The van der Waals surface area contributed by atoms with Crippen molar-refractivity contribution in [3.05, 3.63) is 71.5 Å². The number of nitrogens with one attached hydrogen (secondary N) is 1. The molecule has 4 heteroatoms. The van der Waals surface area contributed by atoms with Crippen molar-refractivity contribution in [2.45, 2.75) is 13.8 Å². The zero-order chi connectivity index (χ0) is 18.8. The minimum absolute atomic E-state index is 0.473. The number of aromatic nitrogens is 2. The maximum Gasteiger partial charge on any atom is 0.149 e. The highest BCUT2D eigenvalue weighted by molar-refractivity contribution is 6.00. The molecule has 1 N–H and O–H groups in total. The second-order valence-corrected chi connectivity index (χ2v) is 6.41. The van der Waals surface area contributed by atoms with Crippen molar-refractivity contribution in [3.8, 4) is 11.8 Å². The first-order chi connectivity index (χ1) is 13.2. The Labute approximate surface area is 157 Å². The molecule has 0 atom stereocenters. The first-order valence-electron chi connectivity index (χ1n) is 8.92. The summed E-state index contributed by atoms with van der Waals surface area (Å²) in [6.45, 7) is 4.55. The van der Waals surface area contributed by atoms with Gasteiger partial charge in [0, 0.05) is 5.56 Å². The van der Waals surface area contributed by atoms with Gasteiger partial charge in [-0.3, -0.25) is 0 Å². The summed E-state index contributed by atoms with van der Waals surface area (Å²) in [5, 5.41) is 11.9. The van der Waals surface area contributed by atoms with E-state index in [-0.39, 0.29) is 0 Å². The largest absolute Gasteiger partial charge is 0.493 e. The van der Waals surface area contributed by atoms with Crippen molar-refractivity contribution in [3.63, 3.8) is 0 Å². The molecule has 0 saturated carbocycles. The fraction of sp³-hybridized carbons (Fsp3) is 0.130. The Balaban J connectivity index is 1.91. The van der Waals surface area contributed by atoms with Gasteiger partial charge >= 0.3 is 0 Å². The molecule has 0 radical (unpaired) electrons. The highest BCUT2D eigenvalue weighted by Crippen LogP contribution is 2.32. The van der Waals surface area contributed by atoms with Gasteiger partial charge in [0.25, 0.3) is 0 Å². The number of aromatic amines is 1. The summed E-state index contributed by atoms with van der Waals surface area (Å²) in [5.74, 6) is 1.32. The Morgan fingerprint density at radius 2 is 2.04 bits per heavy atom. The van der Waals surface area contributed by atoms with E-state index in [0.29, 0.717) is 18.0 Å².